The van der Waals surface area contributed by atoms with Gasteiger partial charge in [-0.3, -0.25) is 9.48 Å². The summed E-state index contributed by atoms with van der Waals surface area (Å²) in [7, 11) is 1.88. The minimum Gasteiger partial charge on any atom is -0.285 e. The van der Waals surface area contributed by atoms with Gasteiger partial charge in [-0.05, 0) is 19.1 Å². The Labute approximate surface area is 100 Å². The fourth-order valence-corrected chi connectivity index (χ4v) is 1.51. The first-order valence-corrected chi connectivity index (χ1v) is 5.23. The molecule has 1 heterocycles. The summed E-state index contributed by atoms with van der Waals surface area (Å²) in [6.45, 7) is 3.35. The summed E-state index contributed by atoms with van der Waals surface area (Å²) in [4.78, 5) is 11.6. The average Bonchev–Trinajstić information content (AvgIpc) is 2.55. The molecule has 1 aromatic heterocycles. The van der Waals surface area contributed by atoms with Crippen molar-refractivity contribution in [1.29, 1.82) is 5.26 Å². The normalized spacial score (nSPS) is 9.06. The Balaban J connectivity index is 0.000000437. The monoisotopic (exact) mass is 229 g/mol. The molecule has 4 nitrogen and oxygen atoms in total. The van der Waals surface area contributed by atoms with Crippen molar-refractivity contribution in [2.45, 2.75) is 13.8 Å². The number of hydrogen-bond donors (Lipinski definition) is 0. The van der Waals surface area contributed by atoms with Gasteiger partial charge in [0.1, 0.15) is 0 Å². The van der Waals surface area contributed by atoms with Crippen LogP contribution in [0.2, 0.25) is 0 Å². The van der Waals surface area contributed by atoms with E-state index in [1.807, 2.05) is 49.0 Å². The second-order valence-corrected chi connectivity index (χ2v) is 3.52. The fraction of sp³-hybridized carbons (Fsp3) is 0.231. The maximum atomic E-state index is 11.6. The van der Waals surface area contributed by atoms with Gasteiger partial charge in [-0.25, -0.2) is 4.68 Å². The molecule has 0 bridgehead atoms. The molecule has 0 unspecified atom stereocenters. The van der Waals surface area contributed by atoms with Crippen molar-refractivity contribution in [2.75, 3.05) is 0 Å². The molecule has 0 atom stereocenters. The lowest BCUT2D eigenvalue weighted by Crippen LogP contribution is -2.18. The lowest BCUT2D eigenvalue weighted by Gasteiger charge is -2.07. The number of para-hydroxylation sites is 1. The fourth-order valence-electron chi connectivity index (χ4n) is 1.51. The van der Waals surface area contributed by atoms with Crippen LogP contribution in [0.5, 0.6) is 0 Å². The van der Waals surface area contributed by atoms with Gasteiger partial charge in [0.25, 0.3) is 5.56 Å². The van der Waals surface area contributed by atoms with E-state index >= 15 is 0 Å². The van der Waals surface area contributed by atoms with Crippen LogP contribution in [-0.2, 0) is 7.05 Å². The van der Waals surface area contributed by atoms with Crippen molar-refractivity contribution in [2.24, 2.45) is 7.05 Å². The van der Waals surface area contributed by atoms with Crippen molar-refractivity contribution in [1.82, 2.24) is 9.36 Å². The minimum atomic E-state index is 0.0104. The van der Waals surface area contributed by atoms with Crippen molar-refractivity contribution in [3.8, 4) is 11.8 Å². The first-order chi connectivity index (χ1) is 8.11. The SMILES string of the molecule is CC#N.Cc1cc(=O)n(-c2ccccc2)n1C. The number of aromatic nitrogens is 2. The molecule has 1 aromatic carbocycles. The van der Waals surface area contributed by atoms with E-state index in [1.165, 1.54) is 6.92 Å². The van der Waals surface area contributed by atoms with Crippen molar-refractivity contribution in [3.05, 3.63) is 52.4 Å². The summed E-state index contributed by atoms with van der Waals surface area (Å²) in [6, 6.07) is 13.0. The van der Waals surface area contributed by atoms with Gasteiger partial charge in [-0.15, -0.1) is 0 Å². The molecule has 0 aliphatic rings. The highest BCUT2D eigenvalue weighted by Gasteiger charge is 2.05. The van der Waals surface area contributed by atoms with Crippen LogP contribution in [0.1, 0.15) is 12.6 Å². The quantitative estimate of drug-likeness (QED) is 0.751. The number of aryl methyl sites for hydroxylation is 1. The summed E-state index contributed by atoms with van der Waals surface area (Å²) in [5.74, 6) is 0. The van der Waals surface area contributed by atoms with Crippen LogP contribution in [0.25, 0.3) is 5.69 Å². The standard InChI is InChI=1S/C11H12N2O.C2H3N/c1-9-8-11(14)13(12(9)2)10-6-4-3-5-7-10;1-2-3/h3-8H,1-2H3;1H3. The first kappa shape index (κ1) is 12.8. The molecular weight excluding hydrogens is 214 g/mol. The van der Waals surface area contributed by atoms with Gasteiger partial charge in [-0.1, -0.05) is 18.2 Å². The molecule has 0 amide bonds. The van der Waals surface area contributed by atoms with Gasteiger partial charge >= 0.3 is 0 Å². The number of nitriles is 1. The van der Waals surface area contributed by atoms with Gasteiger partial charge in [-0.2, -0.15) is 5.26 Å². The van der Waals surface area contributed by atoms with Gasteiger partial charge in [0, 0.05) is 25.7 Å². The van der Waals surface area contributed by atoms with E-state index in [4.69, 9.17) is 5.26 Å². The molecule has 0 spiro atoms. The first-order valence-electron chi connectivity index (χ1n) is 5.23. The van der Waals surface area contributed by atoms with E-state index < -0.39 is 0 Å². The maximum Gasteiger partial charge on any atom is 0.271 e. The summed E-state index contributed by atoms with van der Waals surface area (Å²) < 4.78 is 3.49. The van der Waals surface area contributed by atoms with E-state index in [-0.39, 0.29) is 5.56 Å². The zero-order chi connectivity index (χ0) is 12.8. The predicted molar refractivity (Wildman–Crippen MR) is 67.0 cm³/mol. The van der Waals surface area contributed by atoms with Crippen molar-refractivity contribution >= 4 is 0 Å². The molecule has 88 valence electrons. The third-order valence-corrected chi connectivity index (χ3v) is 2.35. The molecule has 0 radical (unpaired) electrons. The van der Waals surface area contributed by atoms with Crippen molar-refractivity contribution in [3.63, 3.8) is 0 Å². The Morgan fingerprint density at radius 3 is 2.18 bits per heavy atom. The number of rotatable bonds is 1. The Kier molecular flexibility index (Phi) is 4.29. The Morgan fingerprint density at radius 1 is 1.24 bits per heavy atom. The molecule has 0 aliphatic carbocycles. The smallest absolute Gasteiger partial charge is 0.271 e. The third kappa shape index (κ3) is 2.85. The van der Waals surface area contributed by atoms with Crippen LogP contribution in [0.3, 0.4) is 0 Å². The Hall–Kier alpha value is -2.28. The van der Waals surface area contributed by atoms with Crippen LogP contribution >= 0.6 is 0 Å². The molecule has 0 aliphatic heterocycles. The minimum absolute atomic E-state index is 0.0104. The highest BCUT2D eigenvalue weighted by atomic mass is 16.1. The van der Waals surface area contributed by atoms with Crippen LogP contribution < -0.4 is 5.56 Å². The van der Waals surface area contributed by atoms with Gasteiger partial charge in [0.15, 0.2) is 0 Å². The second kappa shape index (κ2) is 5.71. The zero-order valence-electron chi connectivity index (χ0n) is 10.2. The average molecular weight is 229 g/mol. The Bertz CT molecular complexity index is 573. The number of hydrogen-bond acceptors (Lipinski definition) is 2. The van der Waals surface area contributed by atoms with E-state index in [0.29, 0.717) is 0 Å². The highest BCUT2D eigenvalue weighted by molar-refractivity contribution is 5.30. The summed E-state index contributed by atoms with van der Waals surface area (Å²) in [5, 5.41) is 7.32. The number of nitrogens with zero attached hydrogens (tertiary/aromatic N) is 3. The van der Waals surface area contributed by atoms with E-state index in [2.05, 4.69) is 0 Å². The predicted octanol–water partition coefficient (Wildman–Crippen LogP) is 2.01. The van der Waals surface area contributed by atoms with Crippen LogP contribution in [0.15, 0.2) is 41.2 Å². The molecule has 2 aromatic rings. The molecule has 2 rings (SSSR count). The molecule has 4 heteroatoms. The molecular formula is C13H15N3O. The van der Waals surface area contributed by atoms with Crippen LogP contribution in [0, 0.1) is 18.3 Å². The largest absolute Gasteiger partial charge is 0.285 e. The second-order valence-electron chi connectivity index (χ2n) is 3.52. The van der Waals surface area contributed by atoms with E-state index in [0.717, 1.165) is 11.4 Å². The molecule has 17 heavy (non-hydrogen) atoms. The lowest BCUT2D eigenvalue weighted by atomic mass is 10.3. The highest BCUT2D eigenvalue weighted by Crippen LogP contribution is 2.04. The zero-order valence-corrected chi connectivity index (χ0v) is 10.2. The molecule has 0 fully saturated rings. The summed E-state index contributed by atoms with van der Waals surface area (Å²) in [5.41, 5.74) is 1.86. The third-order valence-electron chi connectivity index (χ3n) is 2.35. The van der Waals surface area contributed by atoms with Gasteiger partial charge < -0.3 is 0 Å². The van der Waals surface area contributed by atoms with Gasteiger partial charge in [0.05, 0.1) is 11.8 Å². The lowest BCUT2D eigenvalue weighted by molar-refractivity contribution is 0.630. The number of benzene rings is 1. The molecule has 0 saturated carbocycles. The van der Waals surface area contributed by atoms with Crippen LogP contribution in [-0.4, -0.2) is 9.36 Å². The van der Waals surface area contributed by atoms with Gasteiger partial charge in [0.2, 0.25) is 0 Å². The van der Waals surface area contributed by atoms with E-state index in [1.54, 1.807) is 16.8 Å². The van der Waals surface area contributed by atoms with Crippen molar-refractivity contribution < 1.29 is 0 Å². The summed E-state index contributed by atoms with van der Waals surface area (Å²) >= 11 is 0. The van der Waals surface area contributed by atoms with E-state index in [9.17, 15) is 4.79 Å². The molecule has 0 saturated heterocycles. The molecule has 0 N–H and O–H groups in total. The summed E-state index contributed by atoms with van der Waals surface area (Å²) in [6.07, 6.45) is 0. The maximum absolute atomic E-state index is 11.6. The topological polar surface area (TPSA) is 50.7 Å². The Morgan fingerprint density at radius 2 is 1.76 bits per heavy atom. The van der Waals surface area contributed by atoms with Crippen LogP contribution in [0.4, 0.5) is 0 Å².